The second kappa shape index (κ2) is 11.4. The molecule has 2 heteroatoms. The molecule has 0 saturated heterocycles. The molecular formula is C14H31NO. The van der Waals surface area contributed by atoms with E-state index in [2.05, 4.69) is 33.0 Å². The van der Waals surface area contributed by atoms with Crippen molar-refractivity contribution in [3.05, 3.63) is 0 Å². The van der Waals surface area contributed by atoms with Crippen LogP contribution in [0.2, 0.25) is 0 Å². The summed E-state index contributed by atoms with van der Waals surface area (Å²) in [5, 5.41) is 3.63. The van der Waals surface area contributed by atoms with Gasteiger partial charge in [0.2, 0.25) is 0 Å². The molecule has 0 radical (unpaired) electrons. The molecule has 0 aliphatic carbocycles. The van der Waals surface area contributed by atoms with Crippen LogP contribution in [0.5, 0.6) is 0 Å². The average Bonchev–Trinajstić information content (AvgIpc) is 2.31. The molecule has 0 aliphatic rings. The van der Waals surface area contributed by atoms with Crippen LogP contribution in [0.4, 0.5) is 0 Å². The van der Waals surface area contributed by atoms with Gasteiger partial charge in [-0.15, -0.1) is 0 Å². The summed E-state index contributed by atoms with van der Waals surface area (Å²) in [6.45, 7) is 11.9. The van der Waals surface area contributed by atoms with Gasteiger partial charge in [0.15, 0.2) is 0 Å². The molecule has 98 valence electrons. The molecule has 0 aliphatic heterocycles. The van der Waals surface area contributed by atoms with Crippen molar-refractivity contribution in [2.75, 3.05) is 19.8 Å². The van der Waals surface area contributed by atoms with Gasteiger partial charge in [-0.3, -0.25) is 0 Å². The number of hydrogen-bond donors (Lipinski definition) is 1. The highest BCUT2D eigenvalue weighted by atomic mass is 16.5. The third kappa shape index (κ3) is 9.17. The lowest BCUT2D eigenvalue weighted by atomic mass is 9.98. The van der Waals surface area contributed by atoms with Crippen LogP contribution >= 0.6 is 0 Å². The largest absolute Gasteiger partial charge is 0.381 e. The Hall–Kier alpha value is -0.0800. The van der Waals surface area contributed by atoms with Gasteiger partial charge >= 0.3 is 0 Å². The van der Waals surface area contributed by atoms with Gasteiger partial charge < -0.3 is 10.1 Å². The maximum Gasteiger partial charge on any atom is 0.0478 e. The van der Waals surface area contributed by atoms with Gasteiger partial charge in [-0.2, -0.15) is 0 Å². The van der Waals surface area contributed by atoms with Gasteiger partial charge in [0.1, 0.15) is 0 Å². The third-order valence-electron chi connectivity index (χ3n) is 3.12. The van der Waals surface area contributed by atoms with E-state index in [1.54, 1.807) is 0 Å². The lowest BCUT2D eigenvalue weighted by Crippen LogP contribution is -2.31. The quantitative estimate of drug-likeness (QED) is 0.547. The van der Waals surface area contributed by atoms with Crippen molar-refractivity contribution < 1.29 is 4.74 Å². The molecule has 0 fully saturated rings. The van der Waals surface area contributed by atoms with Crippen molar-refractivity contribution in [3.8, 4) is 0 Å². The van der Waals surface area contributed by atoms with Crippen LogP contribution in [0.1, 0.15) is 59.8 Å². The highest BCUT2D eigenvalue weighted by Gasteiger charge is 2.08. The summed E-state index contributed by atoms with van der Waals surface area (Å²) in [5.41, 5.74) is 0. The van der Waals surface area contributed by atoms with Gasteiger partial charge in [-0.25, -0.2) is 0 Å². The van der Waals surface area contributed by atoms with E-state index in [-0.39, 0.29) is 0 Å². The Labute approximate surface area is 102 Å². The van der Waals surface area contributed by atoms with Gasteiger partial charge in [0.05, 0.1) is 0 Å². The van der Waals surface area contributed by atoms with Gasteiger partial charge in [-0.05, 0) is 38.1 Å². The molecule has 0 bridgehead atoms. The van der Waals surface area contributed by atoms with Crippen molar-refractivity contribution in [2.24, 2.45) is 5.92 Å². The number of hydrogen-bond acceptors (Lipinski definition) is 2. The average molecular weight is 229 g/mol. The fourth-order valence-electron chi connectivity index (χ4n) is 1.77. The van der Waals surface area contributed by atoms with Crippen LogP contribution in [0.15, 0.2) is 0 Å². The van der Waals surface area contributed by atoms with Crippen molar-refractivity contribution in [2.45, 2.75) is 65.8 Å². The highest BCUT2D eigenvalue weighted by molar-refractivity contribution is 4.67. The normalized spacial score (nSPS) is 15.0. The van der Waals surface area contributed by atoms with Crippen molar-refractivity contribution >= 4 is 0 Å². The van der Waals surface area contributed by atoms with Crippen LogP contribution in [-0.2, 0) is 4.74 Å². The first-order valence-electron chi connectivity index (χ1n) is 7.05. The fraction of sp³-hybridized carbons (Fsp3) is 1.00. The molecule has 2 atom stereocenters. The molecule has 16 heavy (non-hydrogen) atoms. The summed E-state index contributed by atoms with van der Waals surface area (Å²) in [6.07, 6.45) is 6.09. The van der Waals surface area contributed by atoms with Crippen LogP contribution in [0.3, 0.4) is 0 Å². The lowest BCUT2D eigenvalue weighted by molar-refractivity contribution is 0.131. The summed E-state index contributed by atoms with van der Waals surface area (Å²) in [4.78, 5) is 0. The van der Waals surface area contributed by atoms with Crippen molar-refractivity contribution in [1.29, 1.82) is 0 Å². The van der Waals surface area contributed by atoms with Gasteiger partial charge in [-0.1, -0.05) is 34.1 Å². The second-order valence-corrected chi connectivity index (χ2v) is 4.77. The van der Waals surface area contributed by atoms with E-state index in [1.807, 2.05) is 0 Å². The standard InChI is InChI=1S/C14H31NO/c1-5-10-16-11-8-9-15-14(7-3)12-13(4)6-2/h13-15H,5-12H2,1-4H3. The molecule has 0 heterocycles. The van der Waals surface area contributed by atoms with Crippen molar-refractivity contribution in [3.63, 3.8) is 0 Å². The van der Waals surface area contributed by atoms with E-state index in [0.717, 1.165) is 38.5 Å². The van der Waals surface area contributed by atoms with E-state index in [4.69, 9.17) is 4.74 Å². The molecule has 0 spiro atoms. The van der Waals surface area contributed by atoms with E-state index in [9.17, 15) is 0 Å². The zero-order chi connectivity index (χ0) is 12.2. The van der Waals surface area contributed by atoms with E-state index < -0.39 is 0 Å². The zero-order valence-corrected chi connectivity index (χ0v) is 11.7. The molecule has 0 aromatic heterocycles. The second-order valence-electron chi connectivity index (χ2n) is 4.77. The van der Waals surface area contributed by atoms with E-state index in [1.165, 1.54) is 19.3 Å². The molecule has 1 N–H and O–H groups in total. The van der Waals surface area contributed by atoms with Crippen LogP contribution in [0, 0.1) is 5.92 Å². The van der Waals surface area contributed by atoms with Gasteiger partial charge in [0.25, 0.3) is 0 Å². The minimum Gasteiger partial charge on any atom is -0.381 e. The molecule has 0 amide bonds. The highest BCUT2D eigenvalue weighted by Crippen LogP contribution is 2.11. The summed E-state index contributed by atoms with van der Waals surface area (Å²) in [6, 6.07) is 0.695. The SMILES string of the molecule is CCCOCCCNC(CC)CC(C)CC. The van der Waals surface area contributed by atoms with Crippen LogP contribution in [-0.4, -0.2) is 25.8 Å². The van der Waals surface area contributed by atoms with Crippen molar-refractivity contribution in [1.82, 2.24) is 5.32 Å². The number of nitrogens with one attached hydrogen (secondary N) is 1. The molecule has 2 unspecified atom stereocenters. The Morgan fingerprint density at radius 3 is 2.38 bits per heavy atom. The first kappa shape index (κ1) is 15.9. The summed E-state index contributed by atoms with van der Waals surface area (Å²) < 4.78 is 5.46. The first-order chi connectivity index (χ1) is 7.74. The minimum atomic E-state index is 0.695. The third-order valence-corrected chi connectivity index (χ3v) is 3.12. The van der Waals surface area contributed by atoms with Crippen LogP contribution < -0.4 is 5.32 Å². The van der Waals surface area contributed by atoms with E-state index >= 15 is 0 Å². The molecule has 0 rings (SSSR count). The maximum absolute atomic E-state index is 5.46. The molecule has 2 nitrogen and oxygen atoms in total. The maximum atomic E-state index is 5.46. The summed E-state index contributed by atoms with van der Waals surface area (Å²) >= 11 is 0. The Balaban J connectivity index is 3.40. The molecule has 0 aromatic rings. The Kier molecular flexibility index (Phi) is 11.3. The molecular weight excluding hydrogens is 198 g/mol. The van der Waals surface area contributed by atoms with Crippen LogP contribution in [0.25, 0.3) is 0 Å². The Morgan fingerprint density at radius 1 is 1.06 bits per heavy atom. The number of rotatable bonds is 11. The van der Waals surface area contributed by atoms with Gasteiger partial charge in [0, 0.05) is 19.3 Å². The minimum absolute atomic E-state index is 0.695. The Morgan fingerprint density at radius 2 is 1.81 bits per heavy atom. The lowest BCUT2D eigenvalue weighted by Gasteiger charge is -2.20. The first-order valence-corrected chi connectivity index (χ1v) is 7.05. The summed E-state index contributed by atoms with van der Waals surface area (Å²) in [7, 11) is 0. The monoisotopic (exact) mass is 229 g/mol. The molecule has 0 aromatic carbocycles. The predicted octanol–water partition coefficient (Wildman–Crippen LogP) is 3.61. The summed E-state index contributed by atoms with van der Waals surface area (Å²) in [5.74, 6) is 0.841. The fourth-order valence-corrected chi connectivity index (χ4v) is 1.77. The number of ether oxygens (including phenoxy) is 1. The predicted molar refractivity (Wildman–Crippen MR) is 71.9 cm³/mol. The topological polar surface area (TPSA) is 21.3 Å². The Bertz CT molecular complexity index is 139. The smallest absolute Gasteiger partial charge is 0.0478 e. The zero-order valence-electron chi connectivity index (χ0n) is 11.7. The molecule has 0 saturated carbocycles. The van der Waals surface area contributed by atoms with E-state index in [0.29, 0.717) is 6.04 Å².